The summed E-state index contributed by atoms with van der Waals surface area (Å²) in [5.74, 6) is -0.0704. The second-order valence-corrected chi connectivity index (χ2v) is 5.26. The quantitative estimate of drug-likeness (QED) is 0.833. The molecule has 2 rings (SSSR count). The largest absolute Gasteiger partial charge is 0.399 e. The number of carbonyl (C=O) groups excluding carboxylic acids is 1. The molecule has 1 aromatic heterocycles. The second-order valence-electron chi connectivity index (χ2n) is 4.28. The van der Waals surface area contributed by atoms with Gasteiger partial charge in [0.25, 0.3) is 5.91 Å². The normalized spacial score (nSPS) is 12.1. The zero-order valence-electron chi connectivity index (χ0n) is 10.4. The minimum absolute atomic E-state index is 0.0235. The Morgan fingerprint density at radius 1 is 1.39 bits per heavy atom. The molecule has 0 unspecified atom stereocenters. The van der Waals surface area contributed by atoms with E-state index >= 15 is 0 Å². The predicted octanol–water partition coefficient (Wildman–Crippen LogP) is 3.13. The van der Waals surface area contributed by atoms with Gasteiger partial charge in [-0.05, 0) is 49.1 Å². The van der Waals surface area contributed by atoms with Gasteiger partial charge in [0.1, 0.15) is 0 Å². The number of carbonyl (C=O) groups is 1. The van der Waals surface area contributed by atoms with E-state index in [1.165, 1.54) is 0 Å². The van der Waals surface area contributed by atoms with Gasteiger partial charge in [0, 0.05) is 16.1 Å². The number of hydrogen-bond donors (Lipinski definition) is 2. The van der Waals surface area contributed by atoms with E-state index in [4.69, 9.17) is 5.73 Å². The van der Waals surface area contributed by atoms with Crippen LogP contribution in [0.4, 0.5) is 5.69 Å². The van der Waals surface area contributed by atoms with Crippen molar-refractivity contribution in [2.75, 3.05) is 5.73 Å². The minimum Gasteiger partial charge on any atom is -0.399 e. The van der Waals surface area contributed by atoms with Crippen LogP contribution in [0.2, 0.25) is 0 Å². The van der Waals surface area contributed by atoms with Crippen LogP contribution in [0.15, 0.2) is 35.7 Å². The highest BCUT2D eigenvalue weighted by Crippen LogP contribution is 2.19. The summed E-state index contributed by atoms with van der Waals surface area (Å²) in [6.45, 7) is 3.88. The molecule has 1 heterocycles. The molecule has 18 heavy (non-hydrogen) atoms. The SMILES string of the molecule is Cc1cc(C(=O)N[C@H](C)c2cccs2)ccc1N. The third-order valence-corrected chi connectivity index (χ3v) is 3.90. The summed E-state index contributed by atoms with van der Waals surface area (Å²) in [5.41, 5.74) is 8.01. The van der Waals surface area contributed by atoms with Gasteiger partial charge in [-0.3, -0.25) is 4.79 Å². The fraction of sp³-hybridized carbons (Fsp3) is 0.214. The van der Waals surface area contributed by atoms with Crippen LogP contribution >= 0.6 is 11.3 Å². The minimum atomic E-state index is -0.0704. The number of nitrogens with one attached hydrogen (secondary N) is 1. The van der Waals surface area contributed by atoms with Gasteiger partial charge in [-0.2, -0.15) is 0 Å². The van der Waals surface area contributed by atoms with E-state index in [-0.39, 0.29) is 11.9 Å². The molecular formula is C14H16N2OS. The van der Waals surface area contributed by atoms with Crippen LogP contribution in [0.25, 0.3) is 0 Å². The Labute approximate surface area is 111 Å². The van der Waals surface area contributed by atoms with Crippen molar-refractivity contribution >= 4 is 22.9 Å². The smallest absolute Gasteiger partial charge is 0.251 e. The Kier molecular flexibility index (Phi) is 3.67. The Morgan fingerprint density at radius 2 is 2.17 bits per heavy atom. The van der Waals surface area contributed by atoms with Gasteiger partial charge in [0.05, 0.1) is 6.04 Å². The molecule has 4 heteroatoms. The summed E-state index contributed by atoms with van der Waals surface area (Å²) in [6.07, 6.45) is 0. The van der Waals surface area contributed by atoms with Crippen LogP contribution in [-0.4, -0.2) is 5.91 Å². The van der Waals surface area contributed by atoms with Gasteiger partial charge < -0.3 is 11.1 Å². The maximum absolute atomic E-state index is 12.1. The lowest BCUT2D eigenvalue weighted by Gasteiger charge is -2.12. The van der Waals surface area contributed by atoms with Crippen LogP contribution in [0, 0.1) is 6.92 Å². The van der Waals surface area contributed by atoms with Gasteiger partial charge in [0.2, 0.25) is 0 Å². The Balaban J connectivity index is 2.10. The molecule has 0 saturated carbocycles. The van der Waals surface area contributed by atoms with Crippen molar-refractivity contribution < 1.29 is 4.79 Å². The van der Waals surface area contributed by atoms with Crippen molar-refractivity contribution in [3.63, 3.8) is 0 Å². The van der Waals surface area contributed by atoms with Crippen molar-refractivity contribution in [2.24, 2.45) is 0 Å². The van der Waals surface area contributed by atoms with E-state index in [1.54, 1.807) is 23.5 Å². The third kappa shape index (κ3) is 2.71. The van der Waals surface area contributed by atoms with Gasteiger partial charge >= 0.3 is 0 Å². The maximum atomic E-state index is 12.1. The molecule has 2 aromatic rings. The van der Waals surface area contributed by atoms with Gasteiger partial charge in [-0.25, -0.2) is 0 Å². The second kappa shape index (κ2) is 5.23. The van der Waals surface area contributed by atoms with Gasteiger partial charge in [0.15, 0.2) is 0 Å². The zero-order chi connectivity index (χ0) is 13.1. The number of nitrogens with two attached hydrogens (primary N) is 1. The molecule has 3 nitrogen and oxygen atoms in total. The van der Waals surface area contributed by atoms with Crippen molar-refractivity contribution in [3.05, 3.63) is 51.7 Å². The van der Waals surface area contributed by atoms with E-state index in [0.29, 0.717) is 11.3 Å². The Morgan fingerprint density at radius 3 is 2.78 bits per heavy atom. The van der Waals surface area contributed by atoms with E-state index in [9.17, 15) is 4.79 Å². The molecule has 0 aliphatic rings. The van der Waals surface area contributed by atoms with Crippen LogP contribution in [0.5, 0.6) is 0 Å². The van der Waals surface area contributed by atoms with Gasteiger partial charge in [-0.1, -0.05) is 6.07 Å². The van der Waals surface area contributed by atoms with Crippen molar-refractivity contribution in [2.45, 2.75) is 19.9 Å². The molecule has 1 atom stereocenters. The highest BCUT2D eigenvalue weighted by Gasteiger charge is 2.12. The van der Waals surface area contributed by atoms with E-state index in [2.05, 4.69) is 5.32 Å². The molecular weight excluding hydrogens is 244 g/mol. The molecule has 0 spiro atoms. The average Bonchev–Trinajstić information content (AvgIpc) is 2.86. The summed E-state index contributed by atoms with van der Waals surface area (Å²) >= 11 is 1.64. The molecule has 1 amide bonds. The number of hydrogen-bond acceptors (Lipinski definition) is 3. The monoisotopic (exact) mass is 260 g/mol. The standard InChI is InChI=1S/C14H16N2OS/c1-9-8-11(5-6-12(9)15)14(17)16-10(2)13-4-3-7-18-13/h3-8,10H,15H2,1-2H3,(H,16,17)/t10-/m1/s1. The number of amides is 1. The van der Waals surface area contributed by atoms with Crippen LogP contribution < -0.4 is 11.1 Å². The first-order chi connectivity index (χ1) is 8.58. The fourth-order valence-corrected chi connectivity index (χ4v) is 2.44. The summed E-state index contributed by atoms with van der Waals surface area (Å²) in [7, 11) is 0. The first-order valence-electron chi connectivity index (χ1n) is 5.78. The molecule has 0 bridgehead atoms. The highest BCUT2D eigenvalue weighted by molar-refractivity contribution is 7.10. The Hall–Kier alpha value is -1.81. The summed E-state index contributed by atoms with van der Waals surface area (Å²) in [5, 5.41) is 4.98. The first-order valence-corrected chi connectivity index (χ1v) is 6.66. The predicted molar refractivity (Wildman–Crippen MR) is 75.8 cm³/mol. The lowest BCUT2D eigenvalue weighted by atomic mass is 10.1. The van der Waals surface area contributed by atoms with Crippen molar-refractivity contribution in [1.82, 2.24) is 5.32 Å². The number of nitrogen functional groups attached to an aromatic ring is 1. The number of benzene rings is 1. The topological polar surface area (TPSA) is 55.1 Å². The third-order valence-electron chi connectivity index (χ3n) is 2.85. The van der Waals surface area contributed by atoms with Crippen molar-refractivity contribution in [1.29, 1.82) is 0 Å². The van der Waals surface area contributed by atoms with Crippen molar-refractivity contribution in [3.8, 4) is 0 Å². The number of thiophene rings is 1. The first kappa shape index (κ1) is 12.6. The number of rotatable bonds is 3. The van der Waals surface area contributed by atoms with Crippen LogP contribution in [0.1, 0.15) is 33.8 Å². The summed E-state index contributed by atoms with van der Waals surface area (Å²) in [6, 6.07) is 9.35. The van der Waals surface area contributed by atoms with Crippen LogP contribution in [0.3, 0.4) is 0 Å². The summed E-state index contributed by atoms with van der Waals surface area (Å²) < 4.78 is 0. The average molecular weight is 260 g/mol. The van der Waals surface area contributed by atoms with Crippen LogP contribution in [-0.2, 0) is 0 Å². The van der Waals surface area contributed by atoms with E-state index in [1.807, 2.05) is 37.4 Å². The molecule has 0 fully saturated rings. The molecule has 1 aromatic carbocycles. The molecule has 0 aliphatic heterocycles. The summed E-state index contributed by atoms with van der Waals surface area (Å²) in [4.78, 5) is 13.2. The molecule has 0 radical (unpaired) electrons. The zero-order valence-corrected chi connectivity index (χ0v) is 11.3. The lowest BCUT2D eigenvalue weighted by Crippen LogP contribution is -2.26. The number of aryl methyl sites for hydroxylation is 1. The molecule has 0 saturated heterocycles. The number of anilines is 1. The van der Waals surface area contributed by atoms with E-state index < -0.39 is 0 Å². The lowest BCUT2D eigenvalue weighted by molar-refractivity contribution is 0.0940. The fourth-order valence-electron chi connectivity index (χ4n) is 1.71. The van der Waals surface area contributed by atoms with Gasteiger partial charge in [-0.15, -0.1) is 11.3 Å². The molecule has 0 aliphatic carbocycles. The Bertz CT molecular complexity index is 549. The van der Waals surface area contributed by atoms with E-state index in [0.717, 1.165) is 10.4 Å². The maximum Gasteiger partial charge on any atom is 0.251 e. The highest BCUT2D eigenvalue weighted by atomic mass is 32.1. The molecule has 94 valence electrons. The molecule has 3 N–H and O–H groups in total.